The minimum atomic E-state index is -0.0944. The molecule has 0 amide bonds. The molecule has 1 aromatic carbocycles. The van der Waals surface area contributed by atoms with Gasteiger partial charge in [0.2, 0.25) is 0 Å². The quantitative estimate of drug-likeness (QED) is 0.844. The normalized spacial score (nSPS) is 17.2. The zero-order valence-electron chi connectivity index (χ0n) is 11.0. The maximum Gasteiger partial charge on any atom is 0.0663 e. The minimum Gasteiger partial charge on any atom is -0.320 e. The van der Waals surface area contributed by atoms with Crippen molar-refractivity contribution in [2.75, 3.05) is 0 Å². The Morgan fingerprint density at radius 2 is 2.05 bits per heavy atom. The molecule has 1 saturated carbocycles. The Morgan fingerprint density at radius 3 is 2.63 bits per heavy atom. The summed E-state index contributed by atoms with van der Waals surface area (Å²) in [4.78, 5) is 1.09. The predicted octanol–water partition coefficient (Wildman–Crippen LogP) is 5.03. The lowest BCUT2D eigenvalue weighted by Crippen LogP contribution is -2.17. The fourth-order valence-electron chi connectivity index (χ4n) is 2.69. The first-order chi connectivity index (χ1) is 9.18. The van der Waals surface area contributed by atoms with Crippen LogP contribution in [0.15, 0.2) is 29.6 Å². The second-order valence-corrected chi connectivity index (χ2v) is 6.62. The first-order valence-electron chi connectivity index (χ1n) is 6.76. The number of halogens is 1. The molecule has 3 heteroatoms. The number of aryl methyl sites for hydroxylation is 1. The van der Waals surface area contributed by atoms with Gasteiger partial charge >= 0.3 is 0 Å². The summed E-state index contributed by atoms with van der Waals surface area (Å²) in [5.74, 6) is 0.696. The van der Waals surface area contributed by atoms with Crippen LogP contribution in [0.2, 0.25) is 5.02 Å². The SMILES string of the molecule is Cc1csc(C(N)c2ccccc2C2CCC2)c1Cl. The summed E-state index contributed by atoms with van der Waals surface area (Å²) in [5.41, 5.74) is 10.3. The van der Waals surface area contributed by atoms with E-state index in [0.717, 1.165) is 15.5 Å². The average Bonchev–Trinajstić information content (AvgIpc) is 2.68. The van der Waals surface area contributed by atoms with Gasteiger partial charge in [-0.2, -0.15) is 0 Å². The Labute approximate surface area is 123 Å². The molecule has 0 spiro atoms. The first kappa shape index (κ1) is 13.2. The Morgan fingerprint density at radius 1 is 1.32 bits per heavy atom. The number of hydrogen-bond donors (Lipinski definition) is 1. The second-order valence-electron chi connectivity index (χ2n) is 5.33. The monoisotopic (exact) mass is 291 g/mol. The van der Waals surface area contributed by atoms with Crippen LogP contribution in [-0.2, 0) is 0 Å². The number of nitrogens with two attached hydrogens (primary N) is 1. The van der Waals surface area contributed by atoms with Gasteiger partial charge in [-0.1, -0.05) is 42.3 Å². The van der Waals surface area contributed by atoms with Gasteiger partial charge in [0.25, 0.3) is 0 Å². The van der Waals surface area contributed by atoms with E-state index in [2.05, 4.69) is 29.6 Å². The van der Waals surface area contributed by atoms with Gasteiger partial charge in [0.15, 0.2) is 0 Å². The third kappa shape index (κ3) is 2.33. The van der Waals surface area contributed by atoms with Crippen molar-refractivity contribution in [3.8, 4) is 0 Å². The van der Waals surface area contributed by atoms with Gasteiger partial charge < -0.3 is 5.73 Å². The van der Waals surface area contributed by atoms with E-state index in [-0.39, 0.29) is 6.04 Å². The van der Waals surface area contributed by atoms with Crippen molar-refractivity contribution >= 4 is 22.9 Å². The highest BCUT2D eigenvalue weighted by Crippen LogP contribution is 2.42. The summed E-state index contributed by atoms with van der Waals surface area (Å²) >= 11 is 8.03. The van der Waals surface area contributed by atoms with E-state index in [1.54, 1.807) is 11.3 Å². The average molecular weight is 292 g/mol. The largest absolute Gasteiger partial charge is 0.320 e. The summed E-state index contributed by atoms with van der Waals surface area (Å²) in [6, 6.07) is 8.48. The van der Waals surface area contributed by atoms with Crippen molar-refractivity contribution < 1.29 is 0 Å². The Hall–Kier alpha value is -0.830. The van der Waals surface area contributed by atoms with Gasteiger partial charge in [-0.05, 0) is 47.8 Å². The number of thiophene rings is 1. The van der Waals surface area contributed by atoms with Crippen LogP contribution >= 0.6 is 22.9 Å². The summed E-state index contributed by atoms with van der Waals surface area (Å²) in [6.07, 6.45) is 3.93. The molecule has 2 aromatic rings. The highest BCUT2D eigenvalue weighted by atomic mass is 35.5. The highest BCUT2D eigenvalue weighted by Gasteiger charge is 2.25. The smallest absolute Gasteiger partial charge is 0.0663 e. The van der Waals surface area contributed by atoms with Crippen LogP contribution in [0.4, 0.5) is 0 Å². The maximum atomic E-state index is 6.47. The Bertz CT molecular complexity index is 586. The molecular formula is C16H18ClNS. The summed E-state index contributed by atoms with van der Waals surface area (Å²) < 4.78 is 0. The van der Waals surface area contributed by atoms with Crippen LogP contribution in [0.3, 0.4) is 0 Å². The van der Waals surface area contributed by atoms with Crippen molar-refractivity contribution in [2.24, 2.45) is 5.73 Å². The molecule has 0 saturated heterocycles. The van der Waals surface area contributed by atoms with Gasteiger partial charge in [0.05, 0.1) is 11.1 Å². The molecule has 1 fully saturated rings. The Balaban J connectivity index is 1.99. The zero-order valence-corrected chi connectivity index (χ0v) is 12.6. The van der Waals surface area contributed by atoms with E-state index < -0.39 is 0 Å². The molecule has 1 unspecified atom stereocenters. The van der Waals surface area contributed by atoms with Gasteiger partial charge in [-0.25, -0.2) is 0 Å². The van der Waals surface area contributed by atoms with Crippen molar-refractivity contribution in [3.63, 3.8) is 0 Å². The van der Waals surface area contributed by atoms with E-state index in [1.165, 1.54) is 30.4 Å². The molecule has 0 radical (unpaired) electrons. The molecule has 1 nitrogen and oxygen atoms in total. The molecule has 0 bridgehead atoms. The van der Waals surface area contributed by atoms with Crippen LogP contribution in [-0.4, -0.2) is 0 Å². The van der Waals surface area contributed by atoms with E-state index >= 15 is 0 Å². The van der Waals surface area contributed by atoms with Crippen LogP contribution in [0.1, 0.15) is 52.8 Å². The summed E-state index contributed by atoms with van der Waals surface area (Å²) in [7, 11) is 0. The molecule has 1 atom stereocenters. The molecule has 0 aliphatic heterocycles. The molecule has 100 valence electrons. The molecule has 2 N–H and O–H groups in total. The number of rotatable bonds is 3. The predicted molar refractivity (Wildman–Crippen MR) is 83.1 cm³/mol. The lowest BCUT2D eigenvalue weighted by Gasteiger charge is -2.29. The van der Waals surface area contributed by atoms with Gasteiger partial charge in [-0.15, -0.1) is 11.3 Å². The molecular weight excluding hydrogens is 274 g/mol. The summed E-state index contributed by atoms with van der Waals surface area (Å²) in [5, 5.41) is 2.92. The molecule has 1 heterocycles. The van der Waals surface area contributed by atoms with Crippen molar-refractivity contribution in [2.45, 2.75) is 38.1 Å². The molecule has 1 aliphatic rings. The standard InChI is InChI=1S/C16H18ClNS/c1-10-9-19-16(14(10)17)15(18)13-8-3-2-7-12(13)11-5-4-6-11/h2-3,7-9,11,15H,4-6,18H2,1H3. The lowest BCUT2D eigenvalue weighted by molar-refractivity contribution is 0.416. The van der Waals surface area contributed by atoms with Crippen molar-refractivity contribution in [3.05, 3.63) is 56.2 Å². The van der Waals surface area contributed by atoms with E-state index in [4.69, 9.17) is 17.3 Å². The van der Waals surface area contributed by atoms with Crippen molar-refractivity contribution in [1.82, 2.24) is 0 Å². The Kier molecular flexibility index (Phi) is 3.66. The fraction of sp³-hybridized carbons (Fsp3) is 0.375. The fourth-order valence-corrected chi connectivity index (χ4v) is 4.02. The van der Waals surface area contributed by atoms with Crippen LogP contribution in [0.25, 0.3) is 0 Å². The minimum absolute atomic E-state index is 0.0944. The van der Waals surface area contributed by atoms with Gasteiger partial charge in [-0.3, -0.25) is 0 Å². The van der Waals surface area contributed by atoms with Crippen LogP contribution in [0.5, 0.6) is 0 Å². The zero-order chi connectivity index (χ0) is 13.4. The highest BCUT2D eigenvalue weighted by molar-refractivity contribution is 7.10. The summed E-state index contributed by atoms with van der Waals surface area (Å²) in [6.45, 7) is 2.03. The lowest BCUT2D eigenvalue weighted by atomic mass is 9.77. The first-order valence-corrected chi connectivity index (χ1v) is 8.02. The maximum absolute atomic E-state index is 6.47. The third-order valence-electron chi connectivity index (χ3n) is 4.08. The molecule has 19 heavy (non-hydrogen) atoms. The van der Waals surface area contributed by atoms with E-state index in [9.17, 15) is 0 Å². The molecule has 1 aromatic heterocycles. The molecule has 3 rings (SSSR count). The van der Waals surface area contributed by atoms with Gasteiger partial charge in [0.1, 0.15) is 0 Å². The third-order valence-corrected chi connectivity index (χ3v) is 5.88. The van der Waals surface area contributed by atoms with E-state index in [0.29, 0.717) is 5.92 Å². The van der Waals surface area contributed by atoms with Crippen LogP contribution < -0.4 is 5.73 Å². The second kappa shape index (κ2) is 5.28. The van der Waals surface area contributed by atoms with Gasteiger partial charge in [0, 0.05) is 4.88 Å². The van der Waals surface area contributed by atoms with E-state index in [1.807, 2.05) is 6.92 Å². The van der Waals surface area contributed by atoms with Crippen molar-refractivity contribution in [1.29, 1.82) is 0 Å². The van der Waals surface area contributed by atoms with Crippen LogP contribution in [0, 0.1) is 6.92 Å². The topological polar surface area (TPSA) is 26.0 Å². The number of benzene rings is 1. The molecule has 1 aliphatic carbocycles. The number of hydrogen-bond acceptors (Lipinski definition) is 2.